The van der Waals surface area contributed by atoms with E-state index in [2.05, 4.69) is 14.9 Å². The van der Waals surface area contributed by atoms with Crippen molar-refractivity contribution in [2.24, 2.45) is 0 Å². The van der Waals surface area contributed by atoms with Gasteiger partial charge in [0.05, 0.1) is 17.1 Å². The molecular weight excluding hydrogens is 266 g/mol. The smallest absolute Gasteiger partial charge is 0.264 e. The van der Waals surface area contributed by atoms with Gasteiger partial charge in [-0.25, -0.2) is 13.1 Å². The number of nitrogens with one attached hydrogen (secondary N) is 3. The van der Waals surface area contributed by atoms with Crippen molar-refractivity contribution in [2.45, 2.75) is 24.8 Å². The third-order valence-electron chi connectivity index (χ3n) is 2.75. The van der Waals surface area contributed by atoms with Crippen molar-refractivity contribution >= 4 is 10.0 Å². The average Bonchev–Trinajstić information content (AvgIpc) is 2.82. The quantitative estimate of drug-likeness (QED) is 0.754. The van der Waals surface area contributed by atoms with Crippen LogP contribution in [0, 0.1) is 0 Å². The van der Waals surface area contributed by atoms with Crippen molar-refractivity contribution in [3.05, 3.63) is 51.9 Å². The lowest BCUT2D eigenvalue weighted by molar-refractivity contribution is 0.580. The Hall–Kier alpha value is -1.86. The molecule has 0 saturated heterocycles. The normalized spacial score (nSPS) is 11.6. The van der Waals surface area contributed by atoms with Crippen molar-refractivity contribution < 1.29 is 8.42 Å². The first-order chi connectivity index (χ1) is 9.01. The van der Waals surface area contributed by atoms with E-state index in [9.17, 15) is 13.2 Å². The van der Waals surface area contributed by atoms with E-state index < -0.39 is 10.0 Å². The molecule has 0 radical (unpaired) electrons. The molecule has 0 fully saturated rings. The number of H-pyrrole nitrogens is 2. The summed E-state index contributed by atoms with van der Waals surface area (Å²) in [6, 6.07) is 8.02. The number of hydrogen-bond acceptors (Lipinski definition) is 3. The molecular formula is C12H15N3O3S. The van der Waals surface area contributed by atoms with Gasteiger partial charge in [0.15, 0.2) is 0 Å². The van der Waals surface area contributed by atoms with Crippen LogP contribution in [-0.2, 0) is 23.0 Å². The minimum absolute atomic E-state index is 0.0383. The highest BCUT2D eigenvalue weighted by Gasteiger charge is 2.13. The summed E-state index contributed by atoms with van der Waals surface area (Å²) < 4.78 is 26.4. The van der Waals surface area contributed by atoms with Gasteiger partial charge < -0.3 is 5.10 Å². The molecule has 0 bridgehead atoms. The van der Waals surface area contributed by atoms with E-state index in [1.807, 2.05) is 6.92 Å². The summed E-state index contributed by atoms with van der Waals surface area (Å²) in [4.78, 5) is 11.1. The molecule has 7 heteroatoms. The minimum atomic E-state index is -3.56. The van der Waals surface area contributed by atoms with E-state index in [0.29, 0.717) is 5.69 Å². The fraction of sp³-hybridized carbons (Fsp3) is 0.250. The van der Waals surface area contributed by atoms with Gasteiger partial charge in [-0.15, -0.1) is 0 Å². The van der Waals surface area contributed by atoms with E-state index in [1.54, 1.807) is 24.3 Å². The number of rotatable bonds is 5. The van der Waals surface area contributed by atoms with E-state index in [4.69, 9.17) is 0 Å². The fourth-order valence-electron chi connectivity index (χ4n) is 1.63. The van der Waals surface area contributed by atoms with E-state index in [-0.39, 0.29) is 17.0 Å². The largest absolute Gasteiger partial charge is 0.301 e. The van der Waals surface area contributed by atoms with Gasteiger partial charge in [0.25, 0.3) is 5.56 Å². The predicted molar refractivity (Wildman–Crippen MR) is 71.3 cm³/mol. The maximum absolute atomic E-state index is 12.0. The average molecular weight is 281 g/mol. The highest BCUT2D eigenvalue weighted by Crippen LogP contribution is 2.11. The highest BCUT2D eigenvalue weighted by molar-refractivity contribution is 7.89. The molecule has 6 nitrogen and oxygen atoms in total. The molecule has 0 aliphatic heterocycles. The van der Waals surface area contributed by atoms with Crippen LogP contribution in [0.25, 0.3) is 0 Å². The first-order valence-corrected chi connectivity index (χ1v) is 7.35. The summed E-state index contributed by atoms with van der Waals surface area (Å²) in [5, 5.41) is 4.93. The van der Waals surface area contributed by atoms with Crippen LogP contribution in [-0.4, -0.2) is 18.6 Å². The minimum Gasteiger partial charge on any atom is -0.301 e. The fourth-order valence-corrected chi connectivity index (χ4v) is 2.63. The Morgan fingerprint density at radius 1 is 1.16 bits per heavy atom. The molecule has 102 valence electrons. The zero-order valence-electron chi connectivity index (χ0n) is 10.4. The second-order valence-electron chi connectivity index (χ2n) is 4.11. The highest BCUT2D eigenvalue weighted by atomic mass is 32.2. The molecule has 0 amide bonds. The molecule has 0 unspecified atom stereocenters. The summed E-state index contributed by atoms with van der Waals surface area (Å²) in [6.45, 7) is 2.04. The van der Waals surface area contributed by atoms with Crippen molar-refractivity contribution in [2.75, 3.05) is 0 Å². The Morgan fingerprint density at radius 3 is 2.37 bits per heavy atom. The van der Waals surface area contributed by atoms with Crippen LogP contribution >= 0.6 is 0 Å². The number of aryl methyl sites for hydroxylation is 1. The zero-order valence-corrected chi connectivity index (χ0v) is 11.3. The lowest BCUT2D eigenvalue weighted by atomic mass is 10.2. The molecule has 2 aromatic rings. The molecule has 19 heavy (non-hydrogen) atoms. The van der Waals surface area contributed by atoms with Gasteiger partial charge in [0, 0.05) is 6.07 Å². The molecule has 0 saturated carbocycles. The molecule has 1 aromatic carbocycles. The second-order valence-corrected chi connectivity index (χ2v) is 5.87. The number of aromatic amines is 2. The maximum atomic E-state index is 12.0. The van der Waals surface area contributed by atoms with Crippen LogP contribution in [0.5, 0.6) is 0 Å². The summed E-state index contributed by atoms with van der Waals surface area (Å²) in [7, 11) is -3.56. The number of aromatic nitrogens is 2. The van der Waals surface area contributed by atoms with Crippen molar-refractivity contribution in [3.8, 4) is 0 Å². The van der Waals surface area contributed by atoms with Crippen LogP contribution in [0.15, 0.2) is 40.0 Å². The summed E-state index contributed by atoms with van der Waals surface area (Å²) in [6.07, 6.45) is 0.859. The van der Waals surface area contributed by atoms with Gasteiger partial charge in [-0.1, -0.05) is 19.1 Å². The molecule has 1 aromatic heterocycles. The standard InChI is InChI=1S/C12H15N3O3S/c1-2-9-3-5-11(6-4-9)19(17,18)13-8-10-7-12(16)15-14-10/h3-7,13H,2,8H2,1H3,(H2,14,15,16). The lowest BCUT2D eigenvalue weighted by Crippen LogP contribution is -2.23. The van der Waals surface area contributed by atoms with E-state index in [1.165, 1.54) is 6.07 Å². The molecule has 0 aliphatic rings. The van der Waals surface area contributed by atoms with Gasteiger partial charge in [-0.3, -0.25) is 9.89 Å². The van der Waals surface area contributed by atoms with Crippen molar-refractivity contribution in [3.63, 3.8) is 0 Å². The first-order valence-electron chi connectivity index (χ1n) is 5.86. The molecule has 0 aliphatic carbocycles. The van der Waals surface area contributed by atoms with Crippen LogP contribution in [0.3, 0.4) is 0 Å². The van der Waals surface area contributed by atoms with Gasteiger partial charge in [-0.2, -0.15) is 0 Å². The molecule has 0 spiro atoms. The van der Waals surface area contributed by atoms with Gasteiger partial charge in [0.2, 0.25) is 10.0 Å². The summed E-state index contributed by atoms with van der Waals surface area (Å²) in [5.41, 5.74) is 1.27. The number of benzene rings is 1. The lowest BCUT2D eigenvalue weighted by Gasteiger charge is -2.06. The Morgan fingerprint density at radius 2 is 1.84 bits per heavy atom. The molecule has 0 atom stereocenters. The van der Waals surface area contributed by atoms with Gasteiger partial charge in [0.1, 0.15) is 0 Å². The van der Waals surface area contributed by atoms with Gasteiger partial charge in [-0.05, 0) is 24.1 Å². The first kappa shape index (κ1) is 13.6. The Kier molecular flexibility index (Phi) is 3.87. The van der Waals surface area contributed by atoms with E-state index in [0.717, 1.165) is 12.0 Å². The number of sulfonamides is 1. The van der Waals surface area contributed by atoms with Crippen LogP contribution in [0.4, 0.5) is 0 Å². The Balaban J connectivity index is 2.11. The van der Waals surface area contributed by atoms with Crippen molar-refractivity contribution in [1.29, 1.82) is 0 Å². The van der Waals surface area contributed by atoms with Gasteiger partial charge >= 0.3 is 0 Å². The Bertz CT molecular complexity index is 698. The SMILES string of the molecule is CCc1ccc(S(=O)(=O)NCc2cc(=O)[nH][nH]2)cc1. The van der Waals surface area contributed by atoms with E-state index >= 15 is 0 Å². The molecule has 1 heterocycles. The molecule has 2 rings (SSSR count). The predicted octanol–water partition coefficient (Wildman–Crippen LogP) is 0.744. The third kappa shape index (κ3) is 3.33. The summed E-state index contributed by atoms with van der Waals surface area (Å²) >= 11 is 0. The molecule has 3 N–H and O–H groups in total. The Labute approximate surface area is 110 Å². The maximum Gasteiger partial charge on any atom is 0.264 e. The monoisotopic (exact) mass is 281 g/mol. The zero-order chi connectivity index (χ0) is 13.9. The number of hydrogen-bond donors (Lipinski definition) is 3. The van der Waals surface area contributed by atoms with Crippen LogP contribution in [0.1, 0.15) is 18.2 Å². The van der Waals surface area contributed by atoms with Crippen molar-refractivity contribution in [1.82, 2.24) is 14.9 Å². The topological polar surface area (TPSA) is 94.8 Å². The second kappa shape index (κ2) is 5.41. The third-order valence-corrected chi connectivity index (χ3v) is 4.16. The van der Waals surface area contributed by atoms with Crippen LogP contribution in [0.2, 0.25) is 0 Å². The summed E-state index contributed by atoms with van der Waals surface area (Å²) in [5.74, 6) is 0. The van der Waals surface area contributed by atoms with Crippen LogP contribution < -0.4 is 10.3 Å².